The van der Waals surface area contributed by atoms with Crippen LogP contribution in [0.15, 0.2) is 42.7 Å². The molecule has 9 heteroatoms. The summed E-state index contributed by atoms with van der Waals surface area (Å²) >= 11 is 6.05. The van der Waals surface area contributed by atoms with Crippen molar-refractivity contribution in [2.75, 3.05) is 50.7 Å². The van der Waals surface area contributed by atoms with Gasteiger partial charge in [0.25, 0.3) is 0 Å². The zero-order valence-electron chi connectivity index (χ0n) is 18.5. The van der Waals surface area contributed by atoms with E-state index >= 15 is 0 Å². The molecule has 2 aromatic heterocycles. The van der Waals surface area contributed by atoms with Gasteiger partial charge in [-0.1, -0.05) is 23.7 Å². The summed E-state index contributed by atoms with van der Waals surface area (Å²) in [6.45, 7) is 7.71. The Balaban J connectivity index is 1.43. The van der Waals surface area contributed by atoms with Crippen molar-refractivity contribution in [3.8, 4) is 6.07 Å². The molecule has 0 aliphatic carbocycles. The van der Waals surface area contributed by atoms with Crippen LogP contribution in [-0.4, -0.2) is 71.8 Å². The summed E-state index contributed by atoms with van der Waals surface area (Å²) in [6.07, 6.45) is 3.50. The summed E-state index contributed by atoms with van der Waals surface area (Å²) in [4.78, 5) is 17.8. The van der Waals surface area contributed by atoms with E-state index in [1.807, 2.05) is 24.3 Å². The average Bonchev–Trinajstić information content (AvgIpc) is 2.84. The molecule has 1 N–H and O–H groups in total. The van der Waals surface area contributed by atoms with Gasteiger partial charge in [0.1, 0.15) is 16.8 Å². The van der Waals surface area contributed by atoms with Gasteiger partial charge in [0, 0.05) is 63.6 Å². The Labute approximate surface area is 198 Å². The van der Waals surface area contributed by atoms with Gasteiger partial charge in [-0.15, -0.1) is 0 Å². The minimum atomic E-state index is -0.540. The number of hydrogen-bond acceptors (Lipinski definition) is 8. The van der Waals surface area contributed by atoms with Gasteiger partial charge in [0.2, 0.25) is 5.95 Å². The number of nitrogens with one attached hydrogen (secondary N) is 1. The van der Waals surface area contributed by atoms with Crippen LogP contribution in [0.1, 0.15) is 18.1 Å². The zero-order valence-corrected chi connectivity index (χ0v) is 19.3. The first-order chi connectivity index (χ1) is 16.1. The minimum Gasteiger partial charge on any atom is -0.363 e. The van der Waals surface area contributed by atoms with Crippen molar-refractivity contribution in [2.45, 2.75) is 18.6 Å². The monoisotopic (exact) mass is 463 g/mol. The second kappa shape index (κ2) is 9.20. The van der Waals surface area contributed by atoms with Crippen LogP contribution in [0.3, 0.4) is 0 Å². The molecule has 8 nitrogen and oxygen atoms in total. The lowest BCUT2D eigenvalue weighted by Gasteiger charge is -2.46. The molecule has 0 unspecified atom stereocenters. The van der Waals surface area contributed by atoms with Crippen molar-refractivity contribution in [3.05, 3.63) is 59.0 Å². The maximum absolute atomic E-state index is 9.58. The fourth-order valence-corrected chi connectivity index (χ4v) is 5.02. The first-order valence-electron chi connectivity index (χ1n) is 11.2. The SMILES string of the molecule is C[C@@H]1CNC[C@](CN2CCN(c3nccc(Cl)n3)CC2)(c2ccc(C#N)c3ncccc23)O1. The minimum absolute atomic E-state index is 0.0715. The third-order valence-electron chi connectivity index (χ3n) is 6.39. The molecule has 0 bridgehead atoms. The van der Waals surface area contributed by atoms with Gasteiger partial charge in [-0.3, -0.25) is 9.88 Å². The Bertz CT molecular complexity index is 1190. The lowest BCUT2D eigenvalue weighted by Crippen LogP contribution is -2.59. The van der Waals surface area contributed by atoms with Crippen LogP contribution in [0.25, 0.3) is 10.9 Å². The molecule has 3 aromatic rings. The maximum atomic E-state index is 9.58. The molecule has 1 aromatic carbocycles. The molecule has 2 fully saturated rings. The largest absolute Gasteiger partial charge is 0.363 e. The summed E-state index contributed by atoms with van der Waals surface area (Å²) in [5.41, 5.74) is 1.84. The Kier molecular flexibility index (Phi) is 6.13. The number of hydrogen-bond donors (Lipinski definition) is 1. The maximum Gasteiger partial charge on any atom is 0.226 e. The molecule has 0 saturated carbocycles. The number of pyridine rings is 1. The highest BCUT2D eigenvalue weighted by Gasteiger charge is 2.41. The molecule has 170 valence electrons. The van der Waals surface area contributed by atoms with E-state index in [4.69, 9.17) is 16.3 Å². The van der Waals surface area contributed by atoms with Crippen LogP contribution in [0.5, 0.6) is 0 Å². The van der Waals surface area contributed by atoms with Gasteiger partial charge in [-0.05, 0) is 30.7 Å². The number of halogens is 1. The normalized spacial score (nSPS) is 24.0. The van der Waals surface area contributed by atoms with Gasteiger partial charge >= 0.3 is 0 Å². The predicted octanol–water partition coefficient (Wildman–Crippen LogP) is 2.58. The number of morpholine rings is 1. The predicted molar refractivity (Wildman–Crippen MR) is 127 cm³/mol. The number of piperazine rings is 1. The summed E-state index contributed by atoms with van der Waals surface area (Å²) in [5, 5.41) is 14.6. The van der Waals surface area contributed by atoms with Crippen molar-refractivity contribution in [1.29, 1.82) is 5.26 Å². The highest BCUT2D eigenvalue weighted by atomic mass is 35.5. The summed E-state index contributed by atoms with van der Waals surface area (Å²) < 4.78 is 6.70. The van der Waals surface area contributed by atoms with Crippen molar-refractivity contribution < 1.29 is 4.74 Å². The lowest BCUT2D eigenvalue weighted by atomic mass is 9.86. The molecular weight excluding hydrogens is 438 g/mol. The second-order valence-electron chi connectivity index (χ2n) is 8.67. The molecule has 2 atom stereocenters. The van der Waals surface area contributed by atoms with Gasteiger partial charge < -0.3 is 15.0 Å². The van der Waals surface area contributed by atoms with Crippen molar-refractivity contribution in [1.82, 2.24) is 25.2 Å². The average molecular weight is 464 g/mol. The quantitative estimate of drug-likeness (QED) is 0.590. The van der Waals surface area contributed by atoms with E-state index < -0.39 is 5.60 Å². The molecule has 0 spiro atoms. The van der Waals surface area contributed by atoms with Gasteiger partial charge in [0.05, 0.1) is 17.2 Å². The van der Waals surface area contributed by atoms with Crippen molar-refractivity contribution in [2.24, 2.45) is 0 Å². The van der Waals surface area contributed by atoms with E-state index in [-0.39, 0.29) is 6.10 Å². The lowest BCUT2D eigenvalue weighted by molar-refractivity contribution is -0.128. The smallest absolute Gasteiger partial charge is 0.226 e. The molecule has 2 aliphatic heterocycles. The third kappa shape index (κ3) is 4.37. The summed E-state index contributed by atoms with van der Waals surface area (Å²) in [6, 6.07) is 11.8. The van der Waals surface area contributed by atoms with E-state index in [1.54, 1.807) is 18.5 Å². The van der Waals surface area contributed by atoms with E-state index in [9.17, 15) is 5.26 Å². The fourth-order valence-electron chi connectivity index (χ4n) is 4.89. The molecule has 4 heterocycles. The van der Waals surface area contributed by atoms with Crippen molar-refractivity contribution >= 4 is 28.5 Å². The van der Waals surface area contributed by atoms with E-state index in [0.29, 0.717) is 23.2 Å². The molecule has 2 saturated heterocycles. The van der Waals surface area contributed by atoms with Crippen LogP contribution in [0, 0.1) is 11.3 Å². The number of nitriles is 1. The van der Waals surface area contributed by atoms with E-state index in [0.717, 1.165) is 55.7 Å². The molecular formula is C24H26ClN7O. The Hall–Kier alpha value is -2.83. The molecule has 5 rings (SSSR count). The number of anilines is 1. The van der Waals surface area contributed by atoms with Crippen LogP contribution >= 0.6 is 11.6 Å². The standard InChI is InChI=1S/C24H26ClN7O/c1-17-14-27-15-24(33-17,20-5-4-18(13-26)22-19(20)3-2-7-28-22)16-31-9-11-32(12-10-31)23-29-8-6-21(25)30-23/h2-8,17,27H,9-12,14-16H2,1H3/t17-,24+/m1/s1. The molecule has 0 radical (unpaired) electrons. The number of benzene rings is 1. The highest BCUT2D eigenvalue weighted by Crippen LogP contribution is 2.36. The highest BCUT2D eigenvalue weighted by molar-refractivity contribution is 6.29. The first-order valence-corrected chi connectivity index (χ1v) is 11.6. The van der Waals surface area contributed by atoms with Gasteiger partial charge in [-0.2, -0.15) is 5.26 Å². The number of ether oxygens (including phenoxy) is 1. The molecule has 0 amide bonds. The Morgan fingerprint density at radius 1 is 1.18 bits per heavy atom. The molecule has 33 heavy (non-hydrogen) atoms. The molecule has 2 aliphatic rings. The number of rotatable bonds is 4. The number of nitrogens with zero attached hydrogens (tertiary/aromatic N) is 6. The van der Waals surface area contributed by atoms with Gasteiger partial charge in [-0.25, -0.2) is 9.97 Å². The van der Waals surface area contributed by atoms with E-state index in [2.05, 4.69) is 43.1 Å². The third-order valence-corrected chi connectivity index (χ3v) is 6.60. The van der Waals surface area contributed by atoms with Crippen LogP contribution in [-0.2, 0) is 10.3 Å². The second-order valence-corrected chi connectivity index (χ2v) is 9.06. The Morgan fingerprint density at radius 2 is 2.03 bits per heavy atom. The topological polar surface area (TPSA) is 90.2 Å². The Morgan fingerprint density at radius 3 is 2.79 bits per heavy atom. The van der Waals surface area contributed by atoms with Crippen LogP contribution < -0.4 is 10.2 Å². The summed E-state index contributed by atoms with van der Waals surface area (Å²) in [7, 11) is 0. The first kappa shape index (κ1) is 22.0. The zero-order chi connectivity index (χ0) is 22.8. The van der Waals surface area contributed by atoms with Gasteiger partial charge in [0.15, 0.2) is 0 Å². The van der Waals surface area contributed by atoms with E-state index in [1.165, 1.54) is 0 Å². The number of fused-ring (bicyclic) bond motifs is 1. The number of aromatic nitrogens is 3. The van der Waals surface area contributed by atoms with Crippen molar-refractivity contribution in [3.63, 3.8) is 0 Å². The van der Waals surface area contributed by atoms with Crippen LogP contribution in [0.2, 0.25) is 5.15 Å². The van der Waals surface area contributed by atoms with Crippen LogP contribution in [0.4, 0.5) is 5.95 Å². The summed E-state index contributed by atoms with van der Waals surface area (Å²) in [5.74, 6) is 0.672. The fraction of sp³-hybridized carbons (Fsp3) is 0.417.